The summed E-state index contributed by atoms with van der Waals surface area (Å²) >= 11 is 1.20. The standard InChI is InChI=1S/C13H18N2O4S/c16-13(17)7-4-10-3-1-2-8-14(10)9-11-5-6-12(20-11)15(18)19/h5-6,10H,1-4,7-9H2,(H,16,17). The summed E-state index contributed by atoms with van der Waals surface area (Å²) in [5.41, 5.74) is 0. The molecule has 1 fully saturated rings. The van der Waals surface area contributed by atoms with Gasteiger partial charge < -0.3 is 5.11 Å². The van der Waals surface area contributed by atoms with Crippen LogP contribution in [0, 0.1) is 10.1 Å². The number of nitrogens with zero attached hydrogens (tertiary/aromatic N) is 2. The number of hydrogen-bond donors (Lipinski definition) is 1. The van der Waals surface area contributed by atoms with E-state index in [0.29, 0.717) is 13.0 Å². The summed E-state index contributed by atoms with van der Waals surface area (Å²) in [6, 6.07) is 3.61. The first kappa shape index (κ1) is 14.9. The average Bonchev–Trinajstić information content (AvgIpc) is 2.86. The van der Waals surface area contributed by atoms with Crippen molar-refractivity contribution in [2.75, 3.05) is 6.54 Å². The lowest BCUT2D eigenvalue weighted by Gasteiger charge is -2.35. The second-order valence-electron chi connectivity index (χ2n) is 5.05. The van der Waals surface area contributed by atoms with Crippen molar-refractivity contribution in [2.45, 2.75) is 44.7 Å². The minimum Gasteiger partial charge on any atom is -0.481 e. The normalized spacial score (nSPS) is 19.9. The zero-order valence-electron chi connectivity index (χ0n) is 11.2. The number of carboxylic acid groups (broad SMARTS) is 1. The summed E-state index contributed by atoms with van der Waals surface area (Å²) in [5.74, 6) is -0.762. The lowest BCUT2D eigenvalue weighted by atomic mass is 9.98. The molecular weight excluding hydrogens is 280 g/mol. The van der Waals surface area contributed by atoms with Gasteiger partial charge in [0.2, 0.25) is 0 Å². The monoisotopic (exact) mass is 298 g/mol. The van der Waals surface area contributed by atoms with Gasteiger partial charge in [0.15, 0.2) is 0 Å². The number of piperidine rings is 1. The molecule has 110 valence electrons. The van der Waals surface area contributed by atoms with Crippen LogP contribution in [-0.2, 0) is 11.3 Å². The molecule has 1 aliphatic heterocycles. The number of carbonyl (C=O) groups is 1. The van der Waals surface area contributed by atoms with Gasteiger partial charge in [-0.25, -0.2) is 0 Å². The largest absolute Gasteiger partial charge is 0.481 e. The average molecular weight is 298 g/mol. The number of likely N-dealkylation sites (tertiary alicyclic amines) is 1. The van der Waals surface area contributed by atoms with E-state index in [-0.39, 0.29) is 22.4 Å². The van der Waals surface area contributed by atoms with Crippen LogP contribution in [0.4, 0.5) is 5.00 Å². The van der Waals surface area contributed by atoms with Gasteiger partial charge >= 0.3 is 11.0 Å². The van der Waals surface area contributed by atoms with E-state index in [1.54, 1.807) is 6.07 Å². The second-order valence-corrected chi connectivity index (χ2v) is 6.20. The van der Waals surface area contributed by atoms with Crippen LogP contribution < -0.4 is 0 Å². The Morgan fingerprint density at radius 1 is 1.50 bits per heavy atom. The fourth-order valence-corrected chi connectivity index (χ4v) is 3.48. The van der Waals surface area contributed by atoms with E-state index in [2.05, 4.69) is 4.90 Å². The molecule has 1 aromatic rings. The fourth-order valence-electron chi connectivity index (χ4n) is 2.64. The van der Waals surface area contributed by atoms with Gasteiger partial charge in [0, 0.05) is 30.0 Å². The summed E-state index contributed by atoms with van der Waals surface area (Å²) in [7, 11) is 0. The van der Waals surface area contributed by atoms with E-state index < -0.39 is 5.97 Å². The molecule has 2 rings (SSSR count). The number of carboxylic acids is 1. The maximum absolute atomic E-state index is 10.7. The molecule has 0 bridgehead atoms. The minimum absolute atomic E-state index is 0.166. The van der Waals surface area contributed by atoms with Crippen LogP contribution in [0.5, 0.6) is 0 Å². The van der Waals surface area contributed by atoms with Crippen LogP contribution in [0.25, 0.3) is 0 Å². The smallest absolute Gasteiger partial charge is 0.324 e. The van der Waals surface area contributed by atoms with E-state index in [4.69, 9.17) is 5.11 Å². The van der Waals surface area contributed by atoms with E-state index in [9.17, 15) is 14.9 Å². The molecule has 0 saturated carbocycles. The number of rotatable bonds is 6. The molecule has 7 heteroatoms. The van der Waals surface area contributed by atoms with Crippen LogP contribution in [0.2, 0.25) is 0 Å². The van der Waals surface area contributed by atoms with Crippen LogP contribution in [0.1, 0.15) is 37.0 Å². The molecule has 0 radical (unpaired) electrons. The molecule has 1 aromatic heterocycles. The third kappa shape index (κ3) is 4.01. The first-order valence-electron chi connectivity index (χ1n) is 6.75. The van der Waals surface area contributed by atoms with E-state index in [0.717, 1.165) is 30.7 Å². The van der Waals surface area contributed by atoms with Gasteiger partial charge in [0.05, 0.1) is 4.92 Å². The molecule has 0 spiro atoms. The molecule has 20 heavy (non-hydrogen) atoms. The Balaban J connectivity index is 1.96. The first-order valence-corrected chi connectivity index (χ1v) is 7.57. The van der Waals surface area contributed by atoms with Crippen molar-refractivity contribution in [2.24, 2.45) is 0 Å². The molecule has 1 N–H and O–H groups in total. The van der Waals surface area contributed by atoms with E-state index in [1.807, 2.05) is 0 Å². The van der Waals surface area contributed by atoms with Gasteiger partial charge in [-0.15, -0.1) is 0 Å². The highest BCUT2D eigenvalue weighted by atomic mass is 32.1. The highest BCUT2D eigenvalue weighted by Crippen LogP contribution is 2.28. The lowest BCUT2D eigenvalue weighted by Crippen LogP contribution is -2.39. The van der Waals surface area contributed by atoms with Gasteiger partial charge in [0.25, 0.3) is 0 Å². The summed E-state index contributed by atoms with van der Waals surface area (Å²) < 4.78 is 0. The van der Waals surface area contributed by atoms with Gasteiger partial charge in [-0.1, -0.05) is 17.8 Å². The minimum atomic E-state index is -0.762. The molecule has 6 nitrogen and oxygen atoms in total. The quantitative estimate of drug-likeness (QED) is 0.645. The number of thiophene rings is 1. The van der Waals surface area contributed by atoms with E-state index in [1.165, 1.54) is 17.4 Å². The maximum atomic E-state index is 10.7. The predicted octanol–water partition coefficient (Wildman–Crippen LogP) is 2.88. The Bertz CT molecular complexity index is 488. The van der Waals surface area contributed by atoms with Gasteiger partial charge in [-0.3, -0.25) is 19.8 Å². The molecule has 1 saturated heterocycles. The molecule has 0 aliphatic carbocycles. The Hall–Kier alpha value is -1.47. The summed E-state index contributed by atoms with van der Waals surface area (Å²) in [5, 5.41) is 19.6. The van der Waals surface area contributed by atoms with Crippen molar-refractivity contribution in [3.05, 3.63) is 27.1 Å². The van der Waals surface area contributed by atoms with Crippen molar-refractivity contribution >= 4 is 22.3 Å². The van der Waals surface area contributed by atoms with Crippen molar-refractivity contribution in [3.8, 4) is 0 Å². The zero-order valence-corrected chi connectivity index (χ0v) is 12.0. The highest BCUT2D eigenvalue weighted by Gasteiger charge is 2.24. The molecule has 0 aromatic carbocycles. The summed E-state index contributed by atoms with van der Waals surface area (Å²) in [6.45, 7) is 1.62. The van der Waals surface area contributed by atoms with Crippen molar-refractivity contribution in [1.82, 2.24) is 4.90 Å². The fraction of sp³-hybridized carbons (Fsp3) is 0.615. The summed E-state index contributed by atoms with van der Waals surface area (Å²) in [4.78, 5) is 24.2. The van der Waals surface area contributed by atoms with Crippen molar-refractivity contribution in [1.29, 1.82) is 0 Å². The topological polar surface area (TPSA) is 83.7 Å². The Morgan fingerprint density at radius 2 is 2.30 bits per heavy atom. The molecular formula is C13H18N2O4S. The molecule has 2 heterocycles. The number of aliphatic carboxylic acids is 1. The molecule has 1 aliphatic rings. The van der Waals surface area contributed by atoms with Gasteiger partial charge in [-0.05, 0) is 31.9 Å². The van der Waals surface area contributed by atoms with Crippen LogP contribution >= 0.6 is 11.3 Å². The SMILES string of the molecule is O=C(O)CCC1CCCCN1Cc1ccc([N+](=O)[O-])s1. The van der Waals surface area contributed by atoms with Gasteiger partial charge in [0.1, 0.15) is 0 Å². The Morgan fingerprint density at radius 3 is 2.95 bits per heavy atom. The number of nitro groups is 1. The molecule has 0 amide bonds. The third-order valence-corrected chi connectivity index (χ3v) is 4.65. The second kappa shape index (κ2) is 6.81. The highest BCUT2D eigenvalue weighted by molar-refractivity contribution is 7.15. The van der Waals surface area contributed by atoms with Gasteiger partial charge in [-0.2, -0.15) is 0 Å². The number of hydrogen-bond acceptors (Lipinski definition) is 5. The zero-order chi connectivity index (χ0) is 14.5. The summed E-state index contributed by atoms with van der Waals surface area (Å²) in [6.07, 6.45) is 4.09. The predicted molar refractivity (Wildman–Crippen MR) is 75.9 cm³/mol. The lowest BCUT2D eigenvalue weighted by molar-refractivity contribution is -0.380. The van der Waals surface area contributed by atoms with Crippen LogP contribution in [0.15, 0.2) is 12.1 Å². The Kier molecular flexibility index (Phi) is 5.08. The van der Waals surface area contributed by atoms with Crippen LogP contribution in [-0.4, -0.2) is 33.5 Å². The Labute approximate surface area is 121 Å². The van der Waals surface area contributed by atoms with Crippen molar-refractivity contribution < 1.29 is 14.8 Å². The first-order chi connectivity index (χ1) is 9.56. The van der Waals surface area contributed by atoms with Crippen molar-refractivity contribution in [3.63, 3.8) is 0 Å². The van der Waals surface area contributed by atoms with Crippen LogP contribution in [0.3, 0.4) is 0 Å². The third-order valence-electron chi connectivity index (χ3n) is 3.63. The molecule has 1 unspecified atom stereocenters. The maximum Gasteiger partial charge on any atom is 0.324 e. The molecule has 1 atom stereocenters. The van der Waals surface area contributed by atoms with E-state index >= 15 is 0 Å².